The van der Waals surface area contributed by atoms with E-state index < -0.39 is 5.91 Å². The predicted molar refractivity (Wildman–Crippen MR) is 125 cm³/mol. The predicted octanol–water partition coefficient (Wildman–Crippen LogP) is 5.89. The van der Waals surface area contributed by atoms with Crippen molar-refractivity contribution in [3.8, 4) is 17.6 Å². The number of anilines is 1. The Morgan fingerprint density at radius 2 is 1.81 bits per heavy atom. The van der Waals surface area contributed by atoms with E-state index >= 15 is 0 Å². The van der Waals surface area contributed by atoms with Crippen LogP contribution in [0.3, 0.4) is 0 Å². The number of hydrogen-bond acceptors (Lipinski definition) is 4. The average molecular weight is 477 g/mol. The molecule has 0 saturated carbocycles. The number of methoxy groups -OCH3 is 1. The van der Waals surface area contributed by atoms with Gasteiger partial charge in [-0.25, -0.2) is 0 Å². The van der Waals surface area contributed by atoms with Crippen LogP contribution in [0, 0.1) is 18.3 Å². The molecule has 1 N–H and O–H groups in total. The third-order valence-electron chi connectivity index (χ3n) is 4.58. The van der Waals surface area contributed by atoms with Crippen LogP contribution in [0.1, 0.15) is 16.7 Å². The van der Waals surface area contributed by atoms with Gasteiger partial charge in [-0.2, -0.15) is 5.26 Å². The van der Waals surface area contributed by atoms with E-state index in [0.717, 1.165) is 11.1 Å². The number of para-hydroxylation sites is 1. The molecule has 0 saturated heterocycles. The van der Waals surface area contributed by atoms with Crippen LogP contribution in [0.25, 0.3) is 6.08 Å². The Kier molecular flexibility index (Phi) is 7.47. The Morgan fingerprint density at radius 3 is 2.48 bits per heavy atom. The number of nitriles is 1. The molecule has 3 rings (SSSR count). The zero-order chi connectivity index (χ0) is 22.2. The summed E-state index contributed by atoms with van der Waals surface area (Å²) in [5.41, 5.74) is 3.21. The van der Waals surface area contributed by atoms with Crippen molar-refractivity contribution in [1.82, 2.24) is 0 Å². The molecule has 6 heteroatoms. The summed E-state index contributed by atoms with van der Waals surface area (Å²) < 4.78 is 12.0. The molecule has 31 heavy (non-hydrogen) atoms. The Labute approximate surface area is 190 Å². The molecule has 1 amide bonds. The molecule has 0 aliphatic heterocycles. The first-order valence-corrected chi connectivity index (χ1v) is 10.3. The first-order valence-electron chi connectivity index (χ1n) is 9.55. The highest BCUT2D eigenvalue weighted by molar-refractivity contribution is 9.10. The van der Waals surface area contributed by atoms with Crippen LogP contribution in [-0.2, 0) is 11.4 Å². The minimum absolute atomic E-state index is 0.0241. The molecule has 0 aliphatic rings. The van der Waals surface area contributed by atoms with Crippen molar-refractivity contribution in [3.63, 3.8) is 0 Å². The summed E-state index contributed by atoms with van der Waals surface area (Å²) in [5.74, 6) is 0.576. The normalized spacial score (nSPS) is 10.8. The number of carbonyl (C=O) groups excluding carboxylic acids is 1. The molecule has 0 unspecified atom stereocenters. The minimum Gasteiger partial charge on any atom is -0.493 e. The Morgan fingerprint density at radius 1 is 1.10 bits per heavy atom. The quantitative estimate of drug-likeness (QED) is 0.340. The summed E-state index contributed by atoms with van der Waals surface area (Å²) in [4.78, 5) is 12.6. The van der Waals surface area contributed by atoms with Crippen LogP contribution in [0.2, 0.25) is 0 Å². The lowest BCUT2D eigenvalue weighted by atomic mass is 10.1. The van der Waals surface area contributed by atoms with Gasteiger partial charge in [-0.1, -0.05) is 64.5 Å². The van der Waals surface area contributed by atoms with E-state index in [1.807, 2.05) is 61.5 Å². The first-order chi connectivity index (χ1) is 15.0. The molecule has 0 bridgehead atoms. The van der Waals surface area contributed by atoms with E-state index in [-0.39, 0.29) is 5.57 Å². The number of ether oxygens (including phenoxy) is 2. The number of benzene rings is 3. The van der Waals surface area contributed by atoms with Gasteiger partial charge in [0.1, 0.15) is 18.2 Å². The highest BCUT2D eigenvalue weighted by atomic mass is 79.9. The number of halogens is 1. The highest BCUT2D eigenvalue weighted by Crippen LogP contribution is 2.35. The lowest BCUT2D eigenvalue weighted by Crippen LogP contribution is -2.14. The second-order valence-electron chi connectivity index (χ2n) is 6.74. The van der Waals surface area contributed by atoms with Gasteiger partial charge in [0.2, 0.25) is 0 Å². The number of aryl methyl sites for hydroxylation is 1. The lowest BCUT2D eigenvalue weighted by Gasteiger charge is -2.13. The fraction of sp³-hybridized carbons (Fsp3) is 0.120. The van der Waals surface area contributed by atoms with Gasteiger partial charge in [0, 0.05) is 10.2 Å². The minimum atomic E-state index is -0.480. The monoisotopic (exact) mass is 476 g/mol. The van der Waals surface area contributed by atoms with Crippen LogP contribution in [0.4, 0.5) is 5.69 Å². The molecule has 0 spiro atoms. The van der Waals surface area contributed by atoms with Crippen molar-refractivity contribution < 1.29 is 14.3 Å². The second-order valence-corrected chi connectivity index (χ2v) is 7.59. The SMILES string of the molecule is COc1cc(/C=C(/C#N)C(=O)Nc2ccccc2C)c(Br)cc1OCc1ccccc1. The van der Waals surface area contributed by atoms with Crippen molar-refractivity contribution in [2.24, 2.45) is 0 Å². The summed E-state index contributed by atoms with van der Waals surface area (Å²) >= 11 is 3.50. The van der Waals surface area contributed by atoms with Crippen molar-refractivity contribution in [3.05, 3.63) is 93.5 Å². The number of nitrogens with zero attached hydrogens (tertiary/aromatic N) is 1. The van der Waals surface area contributed by atoms with Gasteiger partial charge in [-0.05, 0) is 47.9 Å². The summed E-state index contributed by atoms with van der Waals surface area (Å²) in [7, 11) is 1.54. The van der Waals surface area contributed by atoms with Crippen LogP contribution in [0.5, 0.6) is 11.5 Å². The molecular weight excluding hydrogens is 456 g/mol. The van der Waals surface area contributed by atoms with Gasteiger partial charge in [0.05, 0.1) is 7.11 Å². The Hall–Kier alpha value is -3.56. The van der Waals surface area contributed by atoms with E-state index in [4.69, 9.17) is 9.47 Å². The van der Waals surface area contributed by atoms with E-state index in [9.17, 15) is 10.1 Å². The molecule has 156 valence electrons. The summed E-state index contributed by atoms with van der Waals surface area (Å²) in [6.07, 6.45) is 1.52. The fourth-order valence-electron chi connectivity index (χ4n) is 2.88. The van der Waals surface area contributed by atoms with Gasteiger partial charge in [0.15, 0.2) is 11.5 Å². The summed E-state index contributed by atoms with van der Waals surface area (Å²) in [6, 6.07) is 22.7. The van der Waals surface area contributed by atoms with Gasteiger partial charge in [0.25, 0.3) is 5.91 Å². The lowest BCUT2D eigenvalue weighted by molar-refractivity contribution is -0.112. The molecule has 0 radical (unpaired) electrons. The van der Waals surface area contributed by atoms with Crippen LogP contribution >= 0.6 is 15.9 Å². The smallest absolute Gasteiger partial charge is 0.266 e. The number of carbonyl (C=O) groups is 1. The first kappa shape index (κ1) is 22.1. The van der Waals surface area contributed by atoms with Crippen LogP contribution in [0.15, 0.2) is 76.8 Å². The maximum Gasteiger partial charge on any atom is 0.266 e. The zero-order valence-corrected chi connectivity index (χ0v) is 18.8. The average Bonchev–Trinajstić information content (AvgIpc) is 2.79. The molecule has 3 aromatic rings. The molecule has 3 aromatic carbocycles. The molecule has 0 atom stereocenters. The molecule has 0 heterocycles. The van der Waals surface area contributed by atoms with E-state index in [2.05, 4.69) is 21.2 Å². The van der Waals surface area contributed by atoms with Gasteiger partial charge in [-0.15, -0.1) is 0 Å². The highest BCUT2D eigenvalue weighted by Gasteiger charge is 2.14. The van der Waals surface area contributed by atoms with E-state index in [1.54, 1.807) is 25.3 Å². The standard InChI is InChI=1S/C25H21BrN2O3/c1-17-8-6-7-11-22(17)28-25(29)20(15-27)12-19-13-23(30-2)24(14-21(19)26)31-16-18-9-4-3-5-10-18/h3-14H,16H2,1-2H3,(H,28,29)/b20-12-. The number of amides is 1. The topological polar surface area (TPSA) is 71.3 Å². The summed E-state index contributed by atoms with van der Waals surface area (Å²) in [6.45, 7) is 2.28. The van der Waals surface area contributed by atoms with Gasteiger partial charge >= 0.3 is 0 Å². The number of hydrogen-bond donors (Lipinski definition) is 1. The van der Waals surface area contributed by atoms with Gasteiger partial charge in [-0.3, -0.25) is 4.79 Å². The second kappa shape index (κ2) is 10.5. The van der Waals surface area contributed by atoms with Crippen molar-refractivity contribution >= 4 is 33.6 Å². The Bertz CT molecular complexity index is 1150. The van der Waals surface area contributed by atoms with Crippen molar-refractivity contribution in [2.45, 2.75) is 13.5 Å². The fourth-order valence-corrected chi connectivity index (χ4v) is 3.31. The molecule has 5 nitrogen and oxygen atoms in total. The number of rotatable bonds is 7. The maximum atomic E-state index is 12.6. The van der Waals surface area contributed by atoms with E-state index in [1.165, 1.54) is 6.08 Å². The molecular formula is C25H21BrN2O3. The van der Waals surface area contributed by atoms with Gasteiger partial charge < -0.3 is 14.8 Å². The third-order valence-corrected chi connectivity index (χ3v) is 5.27. The molecule has 0 fully saturated rings. The van der Waals surface area contributed by atoms with Crippen molar-refractivity contribution in [1.29, 1.82) is 5.26 Å². The van der Waals surface area contributed by atoms with E-state index in [0.29, 0.717) is 33.8 Å². The Balaban J connectivity index is 1.83. The molecule has 0 aromatic heterocycles. The van der Waals surface area contributed by atoms with Crippen molar-refractivity contribution in [2.75, 3.05) is 12.4 Å². The number of nitrogens with one attached hydrogen (secondary N) is 1. The maximum absolute atomic E-state index is 12.6. The summed E-state index contributed by atoms with van der Waals surface area (Å²) in [5, 5.41) is 12.3. The van der Waals surface area contributed by atoms with Crippen LogP contribution < -0.4 is 14.8 Å². The van der Waals surface area contributed by atoms with Crippen LogP contribution in [-0.4, -0.2) is 13.0 Å². The third kappa shape index (κ3) is 5.74. The molecule has 0 aliphatic carbocycles. The largest absolute Gasteiger partial charge is 0.493 e. The zero-order valence-electron chi connectivity index (χ0n) is 17.2.